The Morgan fingerprint density at radius 3 is 2.83 bits per heavy atom. The Morgan fingerprint density at radius 1 is 1.17 bits per heavy atom. The van der Waals surface area contributed by atoms with E-state index in [0.29, 0.717) is 21.6 Å². The zero-order valence-corrected chi connectivity index (χ0v) is 14.9. The van der Waals surface area contributed by atoms with Crippen LogP contribution in [0.3, 0.4) is 0 Å². The first-order chi connectivity index (χ1) is 11.7. The number of aryl methyl sites for hydroxylation is 1. The van der Waals surface area contributed by atoms with Gasteiger partial charge in [-0.05, 0) is 30.3 Å². The Labute approximate surface area is 152 Å². The highest BCUT2D eigenvalue weighted by atomic mass is 35.5. The Morgan fingerprint density at radius 2 is 2.00 bits per heavy atom. The van der Waals surface area contributed by atoms with E-state index in [1.165, 1.54) is 11.8 Å². The summed E-state index contributed by atoms with van der Waals surface area (Å²) in [5.74, 6) is 2.23. The van der Waals surface area contributed by atoms with Crippen molar-refractivity contribution in [1.82, 2.24) is 14.9 Å². The minimum atomic E-state index is 0.592. The minimum absolute atomic E-state index is 0.592. The van der Waals surface area contributed by atoms with E-state index in [2.05, 4.69) is 15.6 Å². The highest BCUT2D eigenvalue weighted by Crippen LogP contribution is 2.35. The van der Waals surface area contributed by atoms with Gasteiger partial charge < -0.3 is 4.42 Å². The van der Waals surface area contributed by atoms with Crippen LogP contribution in [-0.4, -0.2) is 14.9 Å². The maximum atomic E-state index is 6.24. The number of furan rings is 1. The van der Waals surface area contributed by atoms with Crippen molar-refractivity contribution in [3.05, 3.63) is 57.4 Å². The van der Waals surface area contributed by atoms with Gasteiger partial charge in [0, 0.05) is 22.4 Å². The lowest BCUT2D eigenvalue weighted by Gasteiger charge is -2.17. The van der Waals surface area contributed by atoms with Crippen molar-refractivity contribution in [2.45, 2.75) is 18.5 Å². The smallest absolute Gasteiger partial charge is 0.214 e. The molecule has 0 atom stereocenters. The highest BCUT2D eigenvalue weighted by Gasteiger charge is 2.20. The van der Waals surface area contributed by atoms with Crippen molar-refractivity contribution in [3.63, 3.8) is 0 Å². The first-order valence-electron chi connectivity index (χ1n) is 7.29. The molecule has 1 aliphatic heterocycles. The topological polar surface area (TPSA) is 55.9 Å². The summed E-state index contributed by atoms with van der Waals surface area (Å²) in [6, 6.07) is 9.07. The quantitative estimate of drug-likeness (QED) is 0.690. The standard InChI is InChI=1S/C16H12Cl2N4OS/c1-2-15-19-20-16-22(15)21-12(8-24-16)14-6-5-13(23-14)10-7-9(17)3-4-11(10)18/h3-8,21H,2H2,1H3. The van der Waals surface area contributed by atoms with Crippen LogP contribution < -0.4 is 5.43 Å². The molecule has 1 aromatic carbocycles. The van der Waals surface area contributed by atoms with Gasteiger partial charge in [0.25, 0.3) is 0 Å². The summed E-state index contributed by atoms with van der Waals surface area (Å²) in [7, 11) is 0. The molecule has 0 saturated carbocycles. The van der Waals surface area contributed by atoms with Crippen molar-refractivity contribution >= 4 is 40.7 Å². The summed E-state index contributed by atoms with van der Waals surface area (Å²) in [5, 5.41) is 12.2. The molecule has 4 rings (SSSR count). The number of hydrogen-bond acceptors (Lipinski definition) is 5. The predicted octanol–water partition coefficient (Wildman–Crippen LogP) is 5.06. The summed E-state index contributed by atoms with van der Waals surface area (Å²) in [6.45, 7) is 2.04. The van der Waals surface area contributed by atoms with Crippen LogP contribution in [0.2, 0.25) is 10.0 Å². The predicted molar refractivity (Wildman–Crippen MR) is 96.8 cm³/mol. The molecule has 3 aromatic rings. The van der Waals surface area contributed by atoms with E-state index in [0.717, 1.165) is 28.7 Å². The van der Waals surface area contributed by atoms with E-state index in [9.17, 15) is 0 Å². The van der Waals surface area contributed by atoms with Crippen molar-refractivity contribution in [2.75, 3.05) is 5.43 Å². The van der Waals surface area contributed by atoms with Gasteiger partial charge in [-0.3, -0.25) is 5.43 Å². The average molecular weight is 379 g/mol. The fourth-order valence-electron chi connectivity index (χ4n) is 2.40. The first kappa shape index (κ1) is 15.6. The number of thioether (sulfide) groups is 1. The summed E-state index contributed by atoms with van der Waals surface area (Å²) in [5.41, 5.74) is 4.88. The molecule has 0 amide bonds. The van der Waals surface area contributed by atoms with Crippen molar-refractivity contribution in [3.8, 4) is 11.3 Å². The van der Waals surface area contributed by atoms with Crippen LogP contribution in [-0.2, 0) is 6.42 Å². The minimum Gasteiger partial charge on any atom is -0.454 e. The van der Waals surface area contributed by atoms with Crippen LogP contribution in [0.25, 0.3) is 17.0 Å². The lowest BCUT2D eigenvalue weighted by Crippen LogP contribution is -2.19. The molecule has 0 radical (unpaired) electrons. The molecule has 0 bridgehead atoms. The van der Waals surface area contributed by atoms with Crippen LogP contribution in [0, 0.1) is 0 Å². The number of aromatic nitrogens is 3. The van der Waals surface area contributed by atoms with E-state index in [1.807, 2.05) is 29.1 Å². The van der Waals surface area contributed by atoms with Gasteiger partial charge in [-0.2, -0.15) is 0 Å². The second-order valence-corrected chi connectivity index (χ2v) is 6.82. The molecule has 5 nitrogen and oxygen atoms in total. The summed E-state index contributed by atoms with van der Waals surface area (Å²) >= 11 is 13.8. The van der Waals surface area contributed by atoms with Crippen molar-refractivity contribution in [2.24, 2.45) is 0 Å². The van der Waals surface area contributed by atoms with Crippen molar-refractivity contribution < 1.29 is 4.42 Å². The number of nitrogens with zero attached hydrogens (tertiary/aromatic N) is 3. The monoisotopic (exact) mass is 378 g/mol. The molecular weight excluding hydrogens is 367 g/mol. The maximum Gasteiger partial charge on any atom is 0.214 e. The van der Waals surface area contributed by atoms with Crippen LogP contribution in [0.15, 0.2) is 45.3 Å². The number of halogens is 2. The number of nitrogens with one attached hydrogen (secondary N) is 1. The fourth-order valence-corrected chi connectivity index (χ4v) is 3.52. The van der Waals surface area contributed by atoms with E-state index in [1.54, 1.807) is 18.2 Å². The number of hydrogen-bond donors (Lipinski definition) is 1. The molecule has 24 heavy (non-hydrogen) atoms. The third-order valence-corrected chi connectivity index (χ3v) is 4.99. The molecule has 1 aliphatic rings. The van der Waals surface area contributed by atoms with Gasteiger partial charge in [0.1, 0.15) is 11.5 Å². The van der Waals surface area contributed by atoms with E-state index < -0.39 is 0 Å². The van der Waals surface area contributed by atoms with Gasteiger partial charge in [0.2, 0.25) is 5.16 Å². The summed E-state index contributed by atoms with van der Waals surface area (Å²) < 4.78 is 7.84. The molecule has 2 aromatic heterocycles. The summed E-state index contributed by atoms with van der Waals surface area (Å²) in [6.07, 6.45) is 0.787. The lowest BCUT2D eigenvalue weighted by atomic mass is 10.2. The molecular formula is C16H12Cl2N4OS. The molecule has 0 saturated heterocycles. The normalized spacial score (nSPS) is 13.4. The Balaban J connectivity index is 1.66. The van der Waals surface area contributed by atoms with Crippen LogP contribution >= 0.6 is 35.0 Å². The van der Waals surface area contributed by atoms with E-state index in [-0.39, 0.29) is 0 Å². The molecule has 0 fully saturated rings. The Hall–Kier alpha value is -1.89. The molecule has 122 valence electrons. The van der Waals surface area contributed by atoms with E-state index in [4.69, 9.17) is 27.6 Å². The molecule has 1 N–H and O–H groups in total. The molecule has 8 heteroatoms. The highest BCUT2D eigenvalue weighted by molar-refractivity contribution is 8.02. The first-order valence-corrected chi connectivity index (χ1v) is 8.93. The molecule has 3 heterocycles. The zero-order valence-electron chi connectivity index (χ0n) is 12.6. The third-order valence-electron chi connectivity index (χ3n) is 3.60. The lowest BCUT2D eigenvalue weighted by molar-refractivity contribution is 0.564. The Kier molecular flexibility index (Phi) is 4.04. The largest absolute Gasteiger partial charge is 0.454 e. The second kappa shape index (κ2) is 6.20. The molecule has 0 aliphatic carbocycles. The second-order valence-electron chi connectivity index (χ2n) is 5.14. The summed E-state index contributed by atoms with van der Waals surface area (Å²) in [4.78, 5) is 0. The van der Waals surface area contributed by atoms with Gasteiger partial charge in [0.15, 0.2) is 11.6 Å². The van der Waals surface area contributed by atoms with Crippen molar-refractivity contribution in [1.29, 1.82) is 0 Å². The number of benzene rings is 1. The maximum absolute atomic E-state index is 6.24. The fraction of sp³-hybridized carbons (Fsp3) is 0.125. The van der Waals surface area contributed by atoms with Gasteiger partial charge in [0.05, 0.1) is 5.02 Å². The Bertz CT molecular complexity index is 947. The van der Waals surface area contributed by atoms with Gasteiger partial charge >= 0.3 is 0 Å². The van der Waals surface area contributed by atoms with Gasteiger partial charge in [-0.25, -0.2) is 4.68 Å². The number of fused-ring (bicyclic) bond motifs is 1. The van der Waals surface area contributed by atoms with E-state index >= 15 is 0 Å². The van der Waals surface area contributed by atoms with Crippen LogP contribution in [0.4, 0.5) is 0 Å². The number of rotatable bonds is 3. The molecule has 0 unspecified atom stereocenters. The SMILES string of the molecule is CCc1nnc2n1NC(c1ccc(-c3cc(Cl)ccc3Cl)o1)=CS2. The molecule has 0 spiro atoms. The van der Waals surface area contributed by atoms with Gasteiger partial charge in [-0.15, -0.1) is 10.2 Å². The third kappa shape index (κ3) is 2.70. The average Bonchev–Trinajstić information content (AvgIpc) is 3.23. The zero-order chi connectivity index (χ0) is 16.7. The van der Waals surface area contributed by atoms with Gasteiger partial charge in [-0.1, -0.05) is 41.9 Å². The van der Waals surface area contributed by atoms with Crippen LogP contribution in [0.5, 0.6) is 0 Å². The van der Waals surface area contributed by atoms with Crippen LogP contribution in [0.1, 0.15) is 18.5 Å².